The third-order valence-corrected chi connectivity index (χ3v) is 6.38. The zero-order valence-electron chi connectivity index (χ0n) is 17.3. The number of sulfonamides is 1. The molecule has 1 aromatic carbocycles. The third-order valence-electron chi connectivity index (χ3n) is 5.03. The summed E-state index contributed by atoms with van der Waals surface area (Å²) in [6.45, 7) is 3.79. The molecule has 1 aromatic heterocycles. The minimum Gasteiger partial charge on any atom is -0.461 e. The van der Waals surface area contributed by atoms with Crippen LogP contribution >= 0.6 is 0 Å². The van der Waals surface area contributed by atoms with Gasteiger partial charge in [0.05, 0.1) is 11.5 Å². The lowest BCUT2D eigenvalue weighted by atomic mass is 9.97. The van der Waals surface area contributed by atoms with Crippen LogP contribution in [0.4, 0.5) is 5.82 Å². The molecule has 158 valence electrons. The fourth-order valence-corrected chi connectivity index (χ4v) is 4.48. The zero-order valence-corrected chi connectivity index (χ0v) is 18.1. The normalized spacial score (nSPS) is 14.6. The van der Waals surface area contributed by atoms with E-state index in [1.54, 1.807) is 25.1 Å². The Morgan fingerprint density at radius 3 is 2.61 bits per heavy atom. The number of hydrogen-bond donors (Lipinski definition) is 1. The summed E-state index contributed by atoms with van der Waals surface area (Å²) < 4.78 is 33.8. The Balaban J connectivity index is 1.87. The molecule has 0 saturated heterocycles. The second-order valence-corrected chi connectivity index (χ2v) is 8.97. The van der Waals surface area contributed by atoms with E-state index in [0.29, 0.717) is 12.0 Å². The molecular formula is C24H22N2O4S. The molecule has 0 fully saturated rings. The van der Waals surface area contributed by atoms with Gasteiger partial charge >= 0.3 is 5.97 Å². The number of pyridine rings is 1. The largest absolute Gasteiger partial charge is 0.461 e. The summed E-state index contributed by atoms with van der Waals surface area (Å²) in [4.78, 5) is 16.9. The number of esters is 1. The first-order chi connectivity index (χ1) is 14.9. The molecule has 1 heterocycles. The van der Waals surface area contributed by atoms with Gasteiger partial charge in [-0.3, -0.25) is 4.72 Å². The molecule has 0 aliphatic heterocycles. The van der Waals surface area contributed by atoms with Gasteiger partial charge in [-0.2, -0.15) is 0 Å². The van der Waals surface area contributed by atoms with Crippen LogP contribution in [0.1, 0.15) is 40.5 Å². The number of allylic oxidation sites excluding steroid dienone is 7. The maximum Gasteiger partial charge on any atom is 0.357 e. The number of hydrogen-bond acceptors (Lipinski definition) is 5. The Kier molecular flexibility index (Phi) is 5.61. The number of nitrogens with one attached hydrogen (secondary N) is 1. The van der Waals surface area contributed by atoms with Crippen molar-refractivity contribution in [1.29, 1.82) is 0 Å². The predicted octanol–water partition coefficient (Wildman–Crippen LogP) is 4.66. The quantitative estimate of drug-likeness (QED) is 0.692. The van der Waals surface area contributed by atoms with Crippen LogP contribution in [-0.4, -0.2) is 26.0 Å². The van der Waals surface area contributed by atoms with Crippen molar-refractivity contribution >= 4 is 33.5 Å². The van der Waals surface area contributed by atoms with Crippen LogP contribution in [0.2, 0.25) is 0 Å². The van der Waals surface area contributed by atoms with E-state index >= 15 is 0 Å². The maximum absolute atomic E-state index is 13.0. The Labute approximate surface area is 181 Å². The van der Waals surface area contributed by atoms with Crippen molar-refractivity contribution in [1.82, 2.24) is 4.98 Å². The van der Waals surface area contributed by atoms with E-state index in [4.69, 9.17) is 4.74 Å². The third kappa shape index (κ3) is 4.36. The van der Waals surface area contributed by atoms with Gasteiger partial charge in [0.1, 0.15) is 5.82 Å². The number of anilines is 1. The molecule has 7 heteroatoms. The van der Waals surface area contributed by atoms with Crippen molar-refractivity contribution in [2.24, 2.45) is 0 Å². The topological polar surface area (TPSA) is 85.4 Å². The van der Waals surface area contributed by atoms with Crippen LogP contribution in [0.25, 0.3) is 11.6 Å². The molecular weight excluding hydrogens is 412 g/mol. The standard InChI is InChI=1S/C24H22N2O4S/c1-3-30-24(27)22-15-21-18-7-5-4-6-17(14-18)10-13-20(21)23(25-22)26-31(28,29)19-11-8-16(2)9-12-19/h4-13,15H,3,14H2,1-2H3,(H,25,26). The highest BCUT2D eigenvalue weighted by atomic mass is 32.2. The summed E-state index contributed by atoms with van der Waals surface area (Å²) in [6.07, 6.45) is 12.3. The molecule has 0 amide bonds. The average molecular weight is 435 g/mol. The van der Waals surface area contributed by atoms with E-state index in [1.807, 2.05) is 43.4 Å². The molecule has 0 radical (unpaired) electrons. The summed E-state index contributed by atoms with van der Waals surface area (Å²) in [5, 5.41) is 0. The van der Waals surface area contributed by atoms with Gasteiger partial charge in [-0.05, 0) is 55.2 Å². The smallest absolute Gasteiger partial charge is 0.357 e. The molecule has 0 unspecified atom stereocenters. The molecule has 31 heavy (non-hydrogen) atoms. The lowest BCUT2D eigenvalue weighted by Crippen LogP contribution is -2.17. The number of nitrogens with zero attached hydrogens (tertiary/aromatic N) is 1. The van der Waals surface area contributed by atoms with E-state index in [0.717, 1.165) is 22.3 Å². The van der Waals surface area contributed by atoms with Gasteiger partial charge in [0, 0.05) is 5.56 Å². The summed E-state index contributed by atoms with van der Waals surface area (Å²) in [5.41, 5.74) is 4.39. The minimum atomic E-state index is -3.91. The first-order valence-corrected chi connectivity index (χ1v) is 11.4. The number of ether oxygens (including phenoxy) is 1. The molecule has 0 saturated carbocycles. The van der Waals surface area contributed by atoms with Gasteiger partial charge in [0.15, 0.2) is 5.69 Å². The number of benzene rings is 1. The van der Waals surface area contributed by atoms with E-state index in [-0.39, 0.29) is 23.0 Å². The van der Waals surface area contributed by atoms with Gasteiger partial charge in [0.25, 0.3) is 10.0 Å². The molecule has 6 nitrogen and oxygen atoms in total. The molecule has 2 aliphatic rings. The predicted molar refractivity (Wildman–Crippen MR) is 121 cm³/mol. The molecule has 2 bridgehead atoms. The molecule has 4 rings (SSSR count). The summed E-state index contributed by atoms with van der Waals surface area (Å²) >= 11 is 0. The zero-order chi connectivity index (χ0) is 22.0. The van der Waals surface area contributed by atoms with Gasteiger partial charge in [-0.1, -0.05) is 54.2 Å². The van der Waals surface area contributed by atoms with Crippen LogP contribution in [0.15, 0.2) is 71.2 Å². The minimum absolute atomic E-state index is 0.0529. The lowest BCUT2D eigenvalue weighted by molar-refractivity contribution is 0.0519. The Bertz CT molecular complexity index is 1270. The molecule has 2 aliphatic carbocycles. The average Bonchev–Trinajstić information content (AvgIpc) is 3.08. The maximum atomic E-state index is 13.0. The van der Waals surface area contributed by atoms with Crippen molar-refractivity contribution in [2.75, 3.05) is 11.3 Å². The second-order valence-electron chi connectivity index (χ2n) is 7.28. The number of fused-ring (bicyclic) bond motifs is 4. The fourth-order valence-electron chi connectivity index (χ4n) is 3.46. The van der Waals surface area contributed by atoms with E-state index in [2.05, 4.69) is 9.71 Å². The van der Waals surface area contributed by atoms with Crippen molar-refractivity contribution in [3.05, 3.63) is 88.7 Å². The number of carbonyl (C=O) groups excluding carboxylic acids is 1. The van der Waals surface area contributed by atoms with Crippen LogP contribution in [0.3, 0.4) is 0 Å². The van der Waals surface area contributed by atoms with E-state index in [9.17, 15) is 13.2 Å². The Hall–Kier alpha value is -3.45. The Morgan fingerprint density at radius 2 is 1.87 bits per heavy atom. The molecule has 0 spiro atoms. The highest BCUT2D eigenvalue weighted by molar-refractivity contribution is 7.92. The Morgan fingerprint density at radius 1 is 1.13 bits per heavy atom. The van der Waals surface area contributed by atoms with Gasteiger partial charge in [-0.25, -0.2) is 18.2 Å². The number of aromatic nitrogens is 1. The second kappa shape index (κ2) is 8.35. The molecule has 1 N–H and O–H groups in total. The van der Waals surface area contributed by atoms with Crippen LogP contribution in [0.5, 0.6) is 0 Å². The van der Waals surface area contributed by atoms with E-state index < -0.39 is 16.0 Å². The van der Waals surface area contributed by atoms with Crippen LogP contribution < -0.4 is 4.72 Å². The number of carbonyl (C=O) groups is 1. The first kappa shape index (κ1) is 20.8. The van der Waals surface area contributed by atoms with Crippen molar-refractivity contribution in [3.8, 4) is 0 Å². The first-order valence-electron chi connectivity index (χ1n) is 9.94. The van der Waals surface area contributed by atoms with Crippen LogP contribution in [-0.2, 0) is 14.8 Å². The monoisotopic (exact) mass is 434 g/mol. The number of rotatable bonds is 5. The van der Waals surface area contributed by atoms with Crippen molar-refractivity contribution in [2.45, 2.75) is 25.2 Å². The van der Waals surface area contributed by atoms with Gasteiger partial charge < -0.3 is 4.74 Å². The van der Waals surface area contributed by atoms with E-state index in [1.165, 1.54) is 12.1 Å². The van der Waals surface area contributed by atoms with Crippen molar-refractivity contribution < 1.29 is 17.9 Å². The number of aryl methyl sites for hydroxylation is 1. The highest BCUT2D eigenvalue weighted by Crippen LogP contribution is 2.36. The SMILES string of the molecule is CCOC(=O)c1cc2c(c(NS(=O)(=O)c3ccc(C)cc3)n1)C=CC1=CC=CC=C2C1. The fraction of sp³-hybridized carbons (Fsp3) is 0.167. The summed E-state index contributed by atoms with van der Waals surface area (Å²) in [5.74, 6) is -0.510. The van der Waals surface area contributed by atoms with Gasteiger partial charge in [-0.15, -0.1) is 0 Å². The van der Waals surface area contributed by atoms with Crippen molar-refractivity contribution in [3.63, 3.8) is 0 Å². The molecule has 2 aromatic rings. The summed E-state index contributed by atoms with van der Waals surface area (Å²) in [6, 6.07) is 8.20. The highest BCUT2D eigenvalue weighted by Gasteiger charge is 2.24. The summed E-state index contributed by atoms with van der Waals surface area (Å²) in [7, 11) is -3.91. The lowest BCUT2D eigenvalue weighted by Gasteiger charge is -2.16. The molecule has 0 atom stereocenters. The van der Waals surface area contributed by atoms with Gasteiger partial charge in [0.2, 0.25) is 0 Å². The van der Waals surface area contributed by atoms with Crippen LogP contribution in [0, 0.1) is 6.92 Å².